The lowest BCUT2D eigenvalue weighted by molar-refractivity contribution is 0.259. The molecule has 0 unspecified atom stereocenters. The van der Waals surface area contributed by atoms with Crippen LogP contribution in [0.4, 0.5) is 5.69 Å². The number of nitrogens with zero attached hydrogens (tertiary/aromatic N) is 3. The van der Waals surface area contributed by atoms with Crippen molar-refractivity contribution in [2.75, 3.05) is 31.6 Å². The second-order valence-corrected chi connectivity index (χ2v) is 6.87. The van der Waals surface area contributed by atoms with Gasteiger partial charge < -0.3 is 9.32 Å². The average molecular weight is 336 g/mol. The van der Waals surface area contributed by atoms with Gasteiger partial charge in [0.05, 0.1) is 6.54 Å². The van der Waals surface area contributed by atoms with Gasteiger partial charge in [0.2, 0.25) is 0 Å². The summed E-state index contributed by atoms with van der Waals surface area (Å²) in [6.07, 6.45) is 2.99. The molecule has 3 aromatic rings. The summed E-state index contributed by atoms with van der Waals surface area (Å²) < 4.78 is 5.93. The van der Waals surface area contributed by atoms with Gasteiger partial charge >= 0.3 is 0 Å². The molecule has 1 aromatic carbocycles. The molecule has 0 aliphatic carbocycles. The van der Waals surface area contributed by atoms with E-state index < -0.39 is 0 Å². The number of aromatic nitrogens is 2. The van der Waals surface area contributed by atoms with Crippen LogP contribution in [0.2, 0.25) is 0 Å². The van der Waals surface area contributed by atoms with Crippen molar-refractivity contribution in [1.29, 1.82) is 0 Å². The summed E-state index contributed by atoms with van der Waals surface area (Å²) in [5.41, 5.74) is 2.26. The average Bonchev–Trinajstić information content (AvgIpc) is 3.37. The molecule has 1 N–H and O–H groups in total. The fraction of sp³-hybridized carbons (Fsp3) is 0.350. The highest BCUT2D eigenvalue weighted by atomic mass is 16.3. The highest BCUT2D eigenvalue weighted by molar-refractivity contribution is 5.51. The summed E-state index contributed by atoms with van der Waals surface area (Å²) in [6, 6.07) is 16.7. The van der Waals surface area contributed by atoms with Crippen LogP contribution < -0.4 is 4.90 Å². The molecule has 1 aliphatic heterocycles. The fourth-order valence-electron chi connectivity index (χ4n) is 3.63. The SMILES string of the molecule is CN(Cc1ccc(-c2ccn[nH]2)o1)C[C@@H]1CCN(c2ccccc2)C1. The lowest BCUT2D eigenvalue weighted by Crippen LogP contribution is -2.27. The molecule has 1 aliphatic rings. The molecule has 3 heterocycles. The van der Waals surface area contributed by atoms with Crippen LogP contribution in [-0.4, -0.2) is 41.8 Å². The van der Waals surface area contributed by atoms with E-state index in [4.69, 9.17) is 4.42 Å². The molecule has 5 nitrogen and oxygen atoms in total. The number of hydrogen-bond acceptors (Lipinski definition) is 4. The molecule has 0 amide bonds. The smallest absolute Gasteiger partial charge is 0.152 e. The molecule has 0 spiro atoms. The van der Waals surface area contributed by atoms with Gasteiger partial charge in [-0.2, -0.15) is 5.10 Å². The number of nitrogens with one attached hydrogen (secondary N) is 1. The Morgan fingerprint density at radius 1 is 1.20 bits per heavy atom. The highest BCUT2D eigenvalue weighted by Gasteiger charge is 2.24. The third-order valence-electron chi connectivity index (χ3n) is 4.83. The largest absolute Gasteiger partial charge is 0.458 e. The quantitative estimate of drug-likeness (QED) is 0.747. The van der Waals surface area contributed by atoms with Crippen LogP contribution >= 0.6 is 0 Å². The van der Waals surface area contributed by atoms with Crippen molar-refractivity contribution >= 4 is 5.69 Å². The predicted molar refractivity (Wildman–Crippen MR) is 99.4 cm³/mol. The molecule has 1 fully saturated rings. The van der Waals surface area contributed by atoms with E-state index in [9.17, 15) is 0 Å². The Balaban J connectivity index is 1.30. The summed E-state index contributed by atoms with van der Waals surface area (Å²) in [5, 5.41) is 6.91. The van der Waals surface area contributed by atoms with Crippen LogP contribution in [0.25, 0.3) is 11.5 Å². The Labute approximate surface area is 148 Å². The first-order chi connectivity index (χ1) is 12.3. The van der Waals surface area contributed by atoms with E-state index >= 15 is 0 Å². The Bertz CT molecular complexity index is 781. The first-order valence-corrected chi connectivity index (χ1v) is 8.85. The number of rotatable bonds is 6. The van der Waals surface area contributed by atoms with Gasteiger partial charge in [0, 0.05) is 31.5 Å². The topological polar surface area (TPSA) is 48.3 Å². The van der Waals surface area contributed by atoms with E-state index in [-0.39, 0.29) is 0 Å². The molecule has 2 aromatic heterocycles. The zero-order chi connectivity index (χ0) is 17.1. The summed E-state index contributed by atoms with van der Waals surface area (Å²) in [4.78, 5) is 4.84. The highest BCUT2D eigenvalue weighted by Crippen LogP contribution is 2.25. The summed E-state index contributed by atoms with van der Waals surface area (Å²) >= 11 is 0. The number of hydrogen-bond donors (Lipinski definition) is 1. The van der Waals surface area contributed by atoms with Crippen molar-refractivity contribution in [2.24, 2.45) is 5.92 Å². The van der Waals surface area contributed by atoms with Crippen molar-refractivity contribution in [3.8, 4) is 11.5 Å². The van der Waals surface area contributed by atoms with E-state index in [1.165, 1.54) is 12.1 Å². The van der Waals surface area contributed by atoms with Crippen molar-refractivity contribution in [1.82, 2.24) is 15.1 Å². The van der Waals surface area contributed by atoms with Crippen molar-refractivity contribution < 1.29 is 4.42 Å². The minimum atomic E-state index is 0.701. The van der Waals surface area contributed by atoms with Crippen molar-refractivity contribution in [3.05, 3.63) is 60.5 Å². The second-order valence-electron chi connectivity index (χ2n) is 6.87. The van der Waals surface area contributed by atoms with Gasteiger partial charge in [-0.25, -0.2) is 0 Å². The Morgan fingerprint density at radius 2 is 2.08 bits per heavy atom. The van der Waals surface area contributed by atoms with Crippen LogP contribution in [0.1, 0.15) is 12.2 Å². The maximum absolute atomic E-state index is 5.93. The normalized spacial score (nSPS) is 17.5. The van der Waals surface area contributed by atoms with E-state index in [0.717, 1.165) is 43.4 Å². The van der Waals surface area contributed by atoms with Gasteiger partial charge in [-0.05, 0) is 49.7 Å². The number of furan rings is 1. The van der Waals surface area contributed by atoms with Gasteiger partial charge in [0.15, 0.2) is 5.76 Å². The molecule has 5 heteroatoms. The first kappa shape index (κ1) is 16.0. The van der Waals surface area contributed by atoms with Crippen LogP contribution in [0.15, 0.2) is 59.1 Å². The molecular formula is C20H24N4O. The molecule has 0 bridgehead atoms. The summed E-state index contributed by atoms with van der Waals surface area (Å²) in [6.45, 7) is 4.19. The standard InChI is InChI=1S/C20H24N4O/c1-23(15-18-7-8-20(25-18)19-9-11-21-22-19)13-16-10-12-24(14-16)17-5-3-2-4-6-17/h2-9,11,16H,10,12-15H2,1H3,(H,21,22)/t16-/m0/s1. The van der Waals surface area contributed by atoms with Crippen LogP contribution in [0.5, 0.6) is 0 Å². The predicted octanol–water partition coefficient (Wildman–Crippen LogP) is 3.63. The minimum Gasteiger partial charge on any atom is -0.458 e. The zero-order valence-corrected chi connectivity index (χ0v) is 14.6. The number of aromatic amines is 1. The summed E-state index contributed by atoms with van der Waals surface area (Å²) in [5.74, 6) is 2.54. The maximum atomic E-state index is 5.93. The van der Waals surface area contributed by atoms with Crippen LogP contribution in [0.3, 0.4) is 0 Å². The minimum absolute atomic E-state index is 0.701. The molecule has 0 radical (unpaired) electrons. The Kier molecular flexibility index (Phi) is 4.57. The maximum Gasteiger partial charge on any atom is 0.152 e. The van der Waals surface area contributed by atoms with Gasteiger partial charge in [-0.3, -0.25) is 10.00 Å². The van der Waals surface area contributed by atoms with Gasteiger partial charge in [0.1, 0.15) is 11.5 Å². The third-order valence-corrected chi connectivity index (χ3v) is 4.83. The van der Waals surface area contributed by atoms with Crippen molar-refractivity contribution in [2.45, 2.75) is 13.0 Å². The third kappa shape index (κ3) is 3.77. The lowest BCUT2D eigenvalue weighted by atomic mass is 10.1. The fourth-order valence-corrected chi connectivity index (χ4v) is 3.63. The number of H-pyrrole nitrogens is 1. The zero-order valence-electron chi connectivity index (χ0n) is 14.6. The summed E-state index contributed by atoms with van der Waals surface area (Å²) in [7, 11) is 2.17. The van der Waals surface area contributed by atoms with Gasteiger partial charge in [0.25, 0.3) is 0 Å². The molecule has 1 atom stereocenters. The second kappa shape index (κ2) is 7.15. The van der Waals surface area contributed by atoms with E-state index in [1.54, 1.807) is 6.20 Å². The van der Waals surface area contributed by atoms with Crippen LogP contribution in [0, 0.1) is 5.92 Å². The van der Waals surface area contributed by atoms with E-state index in [2.05, 4.69) is 63.4 Å². The van der Waals surface area contributed by atoms with Gasteiger partial charge in [-0.1, -0.05) is 18.2 Å². The lowest BCUT2D eigenvalue weighted by Gasteiger charge is -2.21. The molecule has 1 saturated heterocycles. The molecule has 130 valence electrons. The molecule has 0 saturated carbocycles. The Morgan fingerprint density at radius 3 is 2.88 bits per heavy atom. The number of para-hydroxylation sites is 1. The molecular weight excluding hydrogens is 312 g/mol. The van der Waals surface area contributed by atoms with Crippen LogP contribution in [-0.2, 0) is 6.54 Å². The molecule has 25 heavy (non-hydrogen) atoms. The Hall–Kier alpha value is -2.53. The van der Waals surface area contributed by atoms with Gasteiger partial charge in [-0.15, -0.1) is 0 Å². The molecule has 4 rings (SSSR count). The monoisotopic (exact) mass is 336 g/mol. The van der Waals surface area contributed by atoms with E-state index in [1.807, 2.05) is 12.1 Å². The number of benzene rings is 1. The van der Waals surface area contributed by atoms with E-state index in [0.29, 0.717) is 5.92 Å². The number of anilines is 1. The van der Waals surface area contributed by atoms with Crippen molar-refractivity contribution in [3.63, 3.8) is 0 Å². The first-order valence-electron chi connectivity index (χ1n) is 8.85.